The molecule has 0 heterocycles. The van der Waals surface area contributed by atoms with E-state index in [-0.39, 0.29) is 5.82 Å². The van der Waals surface area contributed by atoms with E-state index in [0.29, 0.717) is 5.69 Å². The Balaban J connectivity index is 2.01. The van der Waals surface area contributed by atoms with Crippen molar-refractivity contribution in [2.45, 2.75) is 65.2 Å². The van der Waals surface area contributed by atoms with Crippen molar-refractivity contribution in [3.63, 3.8) is 0 Å². The molecular formula is C17H28FN. The number of anilines is 1. The first-order chi connectivity index (χ1) is 9.24. The smallest absolute Gasteiger partial charge is 0.146 e. The van der Waals surface area contributed by atoms with E-state index in [1.165, 1.54) is 44.9 Å². The number of benzene rings is 1. The normalized spacial score (nSPS) is 10.7. The van der Waals surface area contributed by atoms with Crippen molar-refractivity contribution in [2.75, 3.05) is 11.9 Å². The molecule has 0 atom stereocenters. The number of halogens is 1. The highest BCUT2D eigenvalue weighted by molar-refractivity contribution is 5.45. The van der Waals surface area contributed by atoms with Gasteiger partial charge in [0.2, 0.25) is 0 Å². The van der Waals surface area contributed by atoms with Gasteiger partial charge in [0, 0.05) is 6.54 Å². The monoisotopic (exact) mass is 265 g/mol. The summed E-state index contributed by atoms with van der Waals surface area (Å²) in [6.45, 7) is 5.02. The average Bonchev–Trinajstić information content (AvgIpc) is 2.39. The highest BCUT2D eigenvalue weighted by Gasteiger charge is 2.00. The second-order valence-corrected chi connectivity index (χ2v) is 5.38. The molecule has 0 aromatic heterocycles. The predicted molar refractivity (Wildman–Crippen MR) is 82.2 cm³/mol. The largest absolute Gasteiger partial charge is 0.383 e. The van der Waals surface area contributed by atoms with E-state index < -0.39 is 0 Å². The molecule has 0 spiro atoms. The van der Waals surface area contributed by atoms with Crippen LogP contribution in [0.4, 0.5) is 10.1 Å². The van der Waals surface area contributed by atoms with Crippen LogP contribution in [0.1, 0.15) is 63.9 Å². The van der Waals surface area contributed by atoms with Gasteiger partial charge in [0.1, 0.15) is 5.82 Å². The topological polar surface area (TPSA) is 12.0 Å². The van der Waals surface area contributed by atoms with Crippen LogP contribution in [0.25, 0.3) is 0 Å². The molecule has 0 aliphatic heterocycles. The van der Waals surface area contributed by atoms with E-state index in [0.717, 1.165) is 18.5 Å². The van der Waals surface area contributed by atoms with Gasteiger partial charge >= 0.3 is 0 Å². The third-order valence-electron chi connectivity index (χ3n) is 3.47. The van der Waals surface area contributed by atoms with Crippen LogP contribution in [0.15, 0.2) is 18.2 Å². The van der Waals surface area contributed by atoms with Gasteiger partial charge in [0.15, 0.2) is 0 Å². The summed E-state index contributed by atoms with van der Waals surface area (Å²) in [5, 5.41) is 3.18. The molecule has 0 bridgehead atoms. The van der Waals surface area contributed by atoms with Gasteiger partial charge in [0.25, 0.3) is 0 Å². The maximum absolute atomic E-state index is 13.5. The Kier molecular flexibility index (Phi) is 8.28. The van der Waals surface area contributed by atoms with Crippen LogP contribution >= 0.6 is 0 Å². The molecule has 0 unspecified atom stereocenters. The lowest BCUT2D eigenvalue weighted by Crippen LogP contribution is -2.03. The minimum absolute atomic E-state index is 0.139. The molecule has 0 amide bonds. The molecule has 0 radical (unpaired) electrons. The van der Waals surface area contributed by atoms with E-state index in [2.05, 4.69) is 12.2 Å². The van der Waals surface area contributed by atoms with Crippen LogP contribution in [-0.4, -0.2) is 6.54 Å². The number of aryl methyl sites for hydroxylation is 1. The van der Waals surface area contributed by atoms with Crippen molar-refractivity contribution in [2.24, 2.45) is 0 Å². The van der Waals surface area contributed by atoms with E-state index in [9.17, 15) is 4.39 Å². The summed E-state index contributed by atoms with van der Waals surface area (Å²) in [6, 6.07) is 5.35. The molecule has 0 fully saturated rings. The summed E-state index contributed by atoms with van der Waals surface area (Å²) in [5.41, 5.74) is 1.60. The maximum atomic E-state index is 13.5. The lowest BCUT2D eigenvalue weighted by molar-refractivity contribution is 0.580. The molecule has 1 nitrogen and oxygen atoms in total. The zero-order chi connectivity index (χ0) is 13.9. The third-order valence-corrected chi connectivity index (χ3v) is 3.47. The number of unbranched alkanes of at least 4 members (excludes halogenated alkanes) is 7. The Labute approximate surface area is 117 Å². The van der Waals surface area contributed by atoms with Gasteiger partial charge in [-0.1, -0.05) is 57.9 Å². The Morgan fingerprint density at radius 3 is 2.21 bits per heavy atom. The summed E-state index contributed by atoms with van der Waals surface area (Å²) < 4.78 is 13.5. The molecule has 1 N–H and O–H groups in total. The Morgan fingerprint density at radius 2 is 1.58 bits per heavy atom. The van der Waals surface area contributed by atoms with Crippen LogP contribution < -0.4 is 5.32 Å². The van der Waals surface area contributed by atoms with Crippen molar-refractivity contribution in [1.29, 1.82) is 0 Å². The first kappa shape index (κ1) is 16.0. The number of rotatable bonds is 10. The Hall–Kier alpha value is -1.05. The molecule has 2 heteroatoms. The van der Waals surface area contributed by atoms with Crippen molar-refractivity contribution in [1.82, 2.24) is 0 Å². The second kappa shape index (κ2) is 9.82. The van der Waals surface area contributed by atoms with Crippen molar-refractivity contribution in [3.05, 3.63) is 29.6 Å². The predicted octanol–water partition coefficient (Wildman–Crippen LogP) is 5.69. The van der Waals surface area contributed by atoms with Crippen LogP contribution in [0.3, 0.4) is 0 Å². The minimum Gasteiger partial charge on any atom is -0.383 e. The fraction of sp³-hybridized carbons (Fsp3) is 0.647. The molecule has 19 heavy (non-hydrogen) atoms. The van der Waals surface area contributed by atoms with Crippen LogP contribution in [-0.2, 0) is 0 Å². The standard InChI is InChI=1S/C17H28FN/c1-3-4-5-6-7-8-9-10-13-19-17-12-11-15(2)14-16(17)18/h11-12,14,19H,3-10,13H2,1-2H3. The molecule has 0 saturated heterocycles. The molecule has 0 aliphatic carbocycles. The summed E-state index contributed by atoms with van der Waals surface area (Å²) in [5.74, 6) is -0.139. The van der Waals surface area contributed by atoms with Gasteiger partial charge in [-0.2, -0.15) is 0 Å². The molecule has 108 valence electrons. The highest BCUT2D eigenvalue weighted by Crippen LogP contribution is 2.15. The minimum atomic E-state index is -0.139. The lowest BCUT2D eigenvalue weighted by atomic mass is 10.1. The van der Waals surface area contributed by atoms with Crippen molar-refractivity contribution in [3.8, 4) is 0 Å². The second-order valence-electron chi connectivity index (χ2n) is 5.38. The zero-order valence-electron chi connectivity index (χ0n) is 12.5. The van der Waals surface area contributed by atoms with Crippen molar-refractivity contribution >= 4 is 5.69 Å². The first-order valence-electron chi connectivity index (χ1n) is 7.74. The Morgan fingerprint density at radius 1 is 0.947 bits per heavy atom. The summed E-state index contributed by atoms with van der Waals surface area (Å²) in [4.78, 5) is 0. The van der Waals surface area contributed by atoms with Crippen LogP contribution in [0.5, 0.6) is 0 Å². The summed E-state index contributed by atoms with van der Waals surface area (Å²) >= 11 is 0. The van der Waals surface area contributed by atoms with Crippen molar-refractivity contribution < 1.29 is 4.39 Å². The fourth-order valence-electron chi connectivity index (χ4n) is 2.25. The molecule has 0 aliphatic rings. The molecule has 1 aromatic carbocycles. The summed E-state index contributed by atoms with van der Waals surface area (Å²) in [7, 11) is 0. The third kappa shape index (κ3) is 7.19. The van der Waals surface area contributed by atoms with Crippen LogP contribution in [0, 0.1) is 12.7 Å². The maximum Gasteiger partial charge on any atom is 0.146 e. The number of hydrogen-bond acceptors (Lipinski definition) is 1. The SMILES string of the molecule is CCCCCCCCCCNc1ccc(C)cc1F. The van der Waals surface area contributed by atoms with Gasteiger partial charge in [0.05, 0.1) is 5.69 Å². The average molecular weight is 265 g/mol. The van der Waals surface area contributed by atoms with Gasteiger partial charge < -0.3 is 5.32 Å². The summed E-state index contributed by atoms with van der Waals surface area (Å²) in [6.07, 6.45) is 10.5. The van der Waals surface area contributed by atoms with Gasteiger partial charge in [-0.05, 0) is 31.0 Å². The van der Waals surface area contributed by atoms with Gasteiger partial charge in [-0.25, -0.2) is 4.39 Å². The van der Waals surface area contributed by atoms with Crippen LogP contribution in [0.2, 0.25) is 0 Å². The van der Waals surface area contributed by atoms with E-state index in [1.807, 2.05) is 19.1 Å². The Bertz CT molecular complexity index is 349. The number of nitrogens with one attached hydrogen (secondary N) is 1. The number of hydrogen-bond donors (Lipinski definition) is 1. The first-order valence-corrected chi connectivity index (χ1v) is 7.74. The highest BCUT2D eigenvalue weighted by atomic mass is 19.1. The van der Waals surface area contributed by atoms with E-state index in [1.54, 1.807) is 6.07 Å². The van der Waals surface area contributed by atoms with Gasteiger partial charge in [-0.15, -0.1) is 0 Å². The molecule has 0 saturated carbocycles. The van der Waals surface area contributed by atoms with E-state index in [4.69, 9.17) is 0 Å². The molecular weight excluding hydrogens is 237 g/mol. The fourth-order valence-corrected chi connectivity index (χ4v) is 2.25. The van der Waals surface area contributed by atoms with E-state index >= 15 is 0 Å². The molecule has 1 rings (SSSR count). The zero-order valence-corrected chi connectivity index (χ0v) is 12.5. The quantitative estimate of drug-likeness (QED) is 0.536. The van der Waals surface area contributed by atoms with Gasteiger partial charge in [-0.3, -0.25) is 0 Å². The molecule has 1 aromatic rings. The lowest BCUT2D eigenvalue weighted by Gasteiger charge is -2.08.